The maximum atomic E-state index is 2.37. The molecule has 8 aromatic carbocycles. The lowest BCUT2D eigenvalue weighted by Gasteiger charge is -2.20. The minimum Gasteiger partial charge on any atom is -0.0842 e. The molecule has 0 amide bonds. The minimum atomic E-state index is 1.08. The smallest absolute Gasteiger partial charge is 0.00201 e. The zero-order chi connectivity index (χ0) is 30.5. The predicted octanol–water partition coefficient (Wildman–Crippen LogP) is 13.0. The fourth-order valence-corrected chi connectivity index (χ4v) is 7.57. The lowest BCUT2D eigenvalue weighted by molar-refractivity contribution is 1.06. The van der Waals surface area contributed by atoms with Gasteiger partial charge < -0.3 is 0 Å². The highest BCUT2D eigenvalue weighted by Gasteiger charge is 2.19. The van der Waals surface area contributed by atoms with Crippen LogP contribution in [-0.2, 0) is 0 Å². The summed E-state index contributed by atoms with van der Waals surface area (Å²) in [6.07, 6.45) is 8.94. The van der Waals surface area contributed by atoms with Crippen LogP contribution >= 0.6 is 0 Å². The second kappa shape index (κ2) is 11.0. The molecule has 0 fully saturated rings. The highest BCUT2D eigenvalue weighted by Crippen LogP contribution is 2.46. The summed E-state index contributed by atoms with van der Waals surface area (Å²) < 4.78 is 0. The minimum absolute atomic E-state index is 1.08. The number of hydrogen-bond donors (Lipinski definition) is 0. The molecule has 0 unspecified atom stereocenters. The molecular weight excluding hydrogens is 553 g/mol. The van der Waals surface area contributed by atoms with Crippen LogP contribution in [0.4, 0.5) is 0 Å². The molecule has 46 heavy (non-hydrogen) atoms. The summed E-state index contributed by atoms with van der Waals surface area (Å²) in [5.41, 5.74) is 10.4. The van der Waals surface area contributed by atoms with Crippen molar-refractivity contribution >= 4 is 48.7 Å². The van der Waals surface area contributed by atoms with Gasteiger partial charge in [0.1, 0.15) is 0 Å². The topological polar surface area (TPSA) is 0 Å². The molecule has 0 spiro atoms. The molecule has 0 aromatic heterocycles. The van der Waals surface area contributed by atoms with Crippen molar-refractivity contribution in [2.24, 2.45) is 0 Å². The summed E-state index contributed by atoms with van der Waals surface area (Å²) in [4.78, 5) is 0. The van der Waals surface area contributed by atoms with Crippen LogP contribution < -0.4 is 0 Å². The Morgan fingerprint density at radius 2 is 0.891 bits per heavy atom. The molecule has 0 heterocycles. The van der Waals surface area contributed by atoms with Crippen molar-refractivity contribution in [1.82, 2.24) is 0 Å². The van der Waals surface area contributed by atoms with Gasteiger partial charge in [-0.05, 0) is 113 Å². The van der Waals surface area contributed by atoms with E-state index in [0.717, 1.165) is 12.8 Å². The van der Waals surface area contributed by atoms with E-state index in [1.54, 1.807) is 0 Å². The van der Waals surface area contributed by atoms with Crippen LogP contribution in [0.3, 0.4) is 0 Å². The van der Waals surface area contributed by atoms with Crippen molar-refractivity contribution in [2.45, 2.75) is 12.8 Å². The molecule has 0 aliphatic heterocycles. The average Bonchev–Trinajstić information content (AvgIpc) is 3.14. The number of hydrogen-bond acceptors (Lipinski definition) is 0. The van der Waals surface area contributed by atoms with E-state index in [2.05, 4.69) is 170 Å². The molecule has 0 saturated heterocycles. The molecule has 0 N–H and O–H groups in total. The largest absolute Gasteiger partial charge is 0.0842 e. The second-order valence-electron chi connectivity index (χ2n) is 12.3. The molecule has 216 valence electrons. The third-order valence-electron chi connectivity index (χ3n) is 9.72. The van der Waals surface area contributed by atoms with Crippen LogP contribution in [0.1, 0.15) is 18.4 Å². The summed E-state index contributed by atoms with van der Waals surface area (Å²) >= 11 is 0. The number of benzene rings is 8. The monoisotopic (exact) mass is 584 g/mol. The normalized spacial score (nSPS) is 13.1. The van der Waals surface area contributed by atoms with Crippen LogP contribution in [0, 0.1) is 0 Å². The molecule has 0 atom stereocenters. The first-order valence-electron chi connectivity index (χ1n) is 16.2. The van der Waals surface area contributed by atoms with Crippen LogP contribution in [0.2, 0.25) is 0 Å². The van der Waals surface area contributed by atoms with E-state index in [1.807, 2.05) is 0 Å². The molecule has 0 nitrogen and oxygen atoms in total. The lowest BCUT2D eigenvalue weighted by Crippen LogP contribution is -1.94. The van der Waals surface area contributed by atoms with Crippen LogP contribution in [0.5, 0.6) is 0 Å². The summed E-state index contributed by atoms with van der Waals surface area (Å²) in [5.74, 6) is 0. The first-order valence-corrected chi connectivity index (χ1v) is 16.2. The second-order valence-corrected chi connectivity index (χ2v) is 12.3. The summed E-state index contributed by atoms with van der Waals surface area (Å²) in [7, 11) is 0. The van der Waals surface area contributed by atoms with E-state index in [-0.39, 0.29) is 0 Å². The van der Waals surface area contributed by atoms with Gasteiger partial charge in [0.05, 0.1) is 0 Å². The Labute approximate surface area is 269 Å². The van der Waals surface area contributed by atoms with Gasteiger partial charge in [-0.3, -0.25) is 0 Å². The van der Waals surface area contributed by atoms with Gasteiger partial charge in [-0.1, -0.05) is 158 Å². The van der Waals surface area contributed by atoms with Crippen molar-refractivity contribution in [1.29, 1.82) is 0 Å². The third-order valence-corrected chi connectivity index (χ3v) is 9.72. The number of fused-ring (bicyclic) bond motifs is 4. The molecule has 0 saturated carbocycles. The Morgan fingerprint density at radius 3 is 1.52 bits per heavy atom. The number of allylic oxidation sites excluding steroid dienone is 4. The Balaban J connectivity index is 1.28. The molecule has 0 radical (unpaired) electrons. The average molecular weight is 585 g/mol. The van der Waals surface area contributed by atoms with E-state index in [9.17, 15) is 0 Å². The molecule has 0 bridgehead atoms. The van der Waals surface area contributed by atoms with Crippen molar-refractivity contribution in [3.05, 3.63) is 175 Å². The highest BCUT2D eigenvalue weighted by molar-refractivity contribution is 6.24. The molecule has 8 aromatic rings. The van der Waals surface area contributed by atoms with Gasteiger partial charge in [0.2, 0.25) is 0 Å². The maximum absolute atomic E-state index is 2.37. The number of rotatable bonds is 4. The van der Waals surface area contributed by atoms with Gasteiger partial charge in [-0.15, -0.1) is 0 Å². The summed E-state index contributed by atoms with van der Waals surface area (Å²) in [6.45, 7) is 0. The van der Waals surface area contributed by atoms with Crippen LogP contribution in [0.15, 0.2) is 170 Å². The Bertz CT molecular complexity index is 2450. The molecular formula is C46H32. The van der Waals surface area contributed by atoms with Crippen LogP contribution in [-0.4, -0.2) is 0 Å². The lowest BCUT2D eigenvalue weighted by atomic mass is 9.83. The van der Waals surface area contributed by atoms with Crippen molar-refractivity contribution < 1.29 is 0 Å². The highest BCUT2D eigenvalue weighted by atomic mass is 14.2. The Morgan fingerprint density at radius 1 is 0.370 bits per heavy atom. The third kappa shape index (κ3) is 4.37. The zero-order valence-electron chi connectivity index (χ0n) is 25.6. The van der Waals surface area contributed by atoms with Crippen LogP contribution in [0.25, 0.3) is 82.0 Å². The van der Waals surface area contributed by atoms with E-state index in [1.165, 1.54) is 87.6 Å². The summed E-state index contributed by atoms with van der Waals surface area (Å²) in [5, 5.41) is 10.3. The maximum Gasteiger partial charge on any atom is -0.00201 e. The first-order chi connectivity index (χ1) is 22.8. The van der Waals surface area contributed by atoms with Crippen molar-refractivity contribution in [2.75, 3.05) is 0 Å². The molecule has 9 rings (SSSR count). The standard InChI is InChI=1S/C46H32/c1-3-13-31(14-4-1)33-23-24-35-30-36(26-25-34(35)29-33)45-40-19-9-11-21-42(40)46(43-22-12-10-20-41(43)45)44-28-27-37(32-15-5-2-6-16-32)38-17-7-8-18-39(38)44/h1-5,7-15,17-30H,6,16H2. The predicted molar refractivity (Wildman–Crippen MR) is 199 cm³/mol. The first kappa shape index (κ1) is 26.7. The van der Waals surface area contributed by atoms with E-state index < -0.39 is 0 Å². The molecule has 1 aliphatic rings. The van der Waals surface area contributed by atoms with Gasteiger partial charge in [0.15, 0.2) is 0 Å². The van der Waals surface area contributed by atoms with E-state index >= 15 is 0 Å². The van der Waals surface area contributed by atoms with Crippen molar-refractivity contribution in [3.63, 3.8) is 0 Å². The SMILES string of the molecule is C1=CCCC(c2ccc(-c3c4ccccc4c(-c4ccc5cc(-c6ccccc6)ccc5c4)c4ccccc34)c3ccccc23)=C1. The van der Waals surface area contributed by atoms with Gasteiger partial charge in [0, 0.05) is 0 Å². The van der Waals surface area contributed by atoms with E-state index in [4.69, 9.17) is 0 Å². The molecule has 1 aliphatic carbocycles. The fourth-order valence-electron chi connectivity index (χ4n) is 7.57. The van der Waals surface area contributed by atoms with Crippen molar-refractivity contribution in [3.8, 4) is 33.4 Å². The van der Waals surface area contributed by atoms with E-state index in [0.29, 0.717) is 0 Å². The Kier molecular flexibility index (Phi) is 6.39. The van der Waals surface area contributed by atoms with Gasteiger partial charge >= 0.3 is 0 Å². The van der Waals surface area contributed by atoms with Gasteiger partial charge in [-0.25, -0.2) is 0 Å². The zero-order valence-corrected chi connectivity index (χ0v) is 25.6. The fraction of sp³-hybridized carbons (Fsp3) is 0.0435. The quantitative estimate of drug-likeness (QED) is 0.181. The van der Waals surface area contributed by atoms with Gasteiger partial charge in [0.25, 0.3) is 0 Å². The molecule has 0 heteroatoms. The van der Waals surface area contributed by atoms with Gasteiger partial charge in [-0.2, -0.15) is 0 Å². The summed E-state index contributed by atoms with van der Waals surface area (Å²) in [6, 6.07) is 56.1. The Hall–Kier alpha value is -5.72.